The van der Waals surface area contributed by atoms with E-state index in [9.17, 15) is 14.7 Å². The summed E-state index contributed by atoms with van der Waals surface area (Å²) in [5.41, 5.74) is 3.51. The van der Waals surface area contributed by atoms with E-state index in [1.54, 1.807) is 20.8 Å². The van der Waals surface area contributed by atoms with E-state index in [2.05, 4.69) is 20.6 Å². The smallest absolute Gasteiger partial charge is 0.411 e. The molecule has 1 aliphatic heterocycles. The van der Waals surface area contributed by atoms with Crippen LogP contribution in [-0.2, 0) is 16.0 Å². The number of tetrazole rings is 1. The standard InChI is InChI=1S/C18H29FN6O4/c1-16(2,3)29-15(28)25-10-18(20)7-6-17(19,5-4-13-21-23-24-22-13)9-11(18)8-12(25)14(26)27/h11-12H,4-10,20H2,1-3H3,(H,26,27)(H,21,22,23,24)/t11-,12-,17?,18+/m0/s1. The van der Waals surface area contributed by atoms with Gasteiger partial charge in [0.05, 0.1) is 0 Å². The number of fused-ring (bicyclic) bond motifs is 1. The summed E-state index contributed by atoms with van der Waals surface area (Å²) in [7, 11) is 0. The molecule has 162 valence electrons. The molecule has 4 atom stereocenters. The molecule has 1 amide bonds. The Morgan fingerprint density at radius 3 is 2.72 bits per heavy atom. The molecule has 11 heteroatoms. The predicted octanol–water partition coefficient (Wildman–Crippen LogP) is 1.43. The van der Waals surface area contributed by atoms with Gasteiger partial charge in [-0.2, -0.15) is 0 Å². The summed E-state index contributed by atoms with van der Waals surface area (Å²) in [6.07, 6.45) is 0.723. The van der Waals surface area contributed by atoms with Crippen molar-refractivity contribution in [1.82, 2.24) is 25.5 Å². The lowest BCUT2D eigenvalue weighted by atomic mass is 9.63. The Labute approximate surface area is 168 Å². The number of aromatic amines is 1. The topological polar surface area (TPSA) is 147 Å². The molecule has 3 rings (SSSR count). The van der Waals surface area contributed by atoms with Crippen molar-refractivity contribution in [3.05, 3.63) is 5.82 Å². The number of aryl methyl sites for hydroxylation is 1. The fraction of sp³-hybridized carbons (Fsp3) is 0.833. The molecule has 1 aromatic rings. The molecule has 10 nitrogen and oxygen atoms in total. The number of H-pyrrole nitrogens is 1. The number of ether oxygens (including phenoxy) is 1. The third kappa shape index (κ3) is 4.82. The Hall–Kier alpha value is -2.30. The van der Waals surface area contributed by atoms with E-state index in [0.717, 1.165) is 0 Å². The number of nitrogens with two attached hydrogens (primary N) is 1. The highest BCUT2D eigenvalue weighted by molar-refractivity contribution is 5.80. The number of amides is 1. The van der Waals surface area contributed by atoms with Gasteiger partial charge in [-0.25, -0.2) is 19.1 Å². The molecule has 1 unspecified atom stereocenters. The maximum absolute atomic E-state index is 15.5. The van der Waals surface area contributed by atoms with Crippen LogP contribution in [0.15, 0.2) is 0 Å². The Balaban J connectivity index is 1.73. The fourth-order valence-corrected chi connectivity index (χ4v) is 4.36. The van der Waals surface area contributed by atoms with E-state index in [0.29, 0.717) is 18.7 Å². The Kier molecular flexibility index (Phi) is 5.54. The first kappa shape index (κ1) is 21.4. The number of carbonyl (C=O) groups excluding carboxylic acids is 1. The minimum Gasteiger partial charge on any atom is -0.480 e. The van der Waals surface area contributed by atoms with Crippen LogP contribution in [-0.4, -0.2) is 72.1 Å². The van der Waals surface area contributed by atoms with Gasteiger partial charge >= 0.3 is 12.1 Å². The van der Waals surface area contributed by atoms with Crippen LogP contribution in [0, 0.1) is 5.92 Å². The monoisotopic (exact) mass is 412 g/mol. The maximum Gasteiger partial charge on any atom is 0.411 e. The molecule has 2 heterocycles. The molecule has 2 fully saturated rings. The average Bonchev–Trinajstić information content (AvgIpc) is 3.12. The Bertz CT molecular complexity index is 754. The highest BCUT2D eigenvalue weighted by Gasteiger charge is 2.54. The maximum atomic E-state index is 15.5. The van der Waals surface area contributed by atoms with Crippen LogP contribution in [0.5, 0.6) is 0 Å². The number of hydrogen-bond donors (Lipinski definition) is 3. The number of carboxylic acids is 1. The summed E-state index contributed by atoms with van der Waals surface area (Å²) in [5, 5.41) is 23.0. The zero-order chi connectivity index (χ0) is 21.4. The number of piperidine rings is 1. The number of alkyl halides is 1. The predicted molar refractivity (Wildman–Crippen MR) is 99.6 cm³/mol. The molecule has 0 bridgehead atoms. The van der Waals surface area contributed by atoms with Crippen LogP contribution in [0.25, 0.3) is 0 Å². The normalized spacial score (nSPS) is 32.5. The van der Waals surface area contributed by atoms with Gasteiger partial charge in [-0.15, -0.1) is 5.10 Å². The summed E-state index contributed by atoms with van der Waals surface area (Å²) < 4.78 is 20.9. The molecule has 1 aromatic heterocycles. The van der Waals surface area contributed by atoms with Gasteiger partial charge in [0.25, 0.3) is 0 Å². The zero-order valence-electron chi connectivity index (χ0n) is 17.0. The molecule has 0 radical (unpaired) electrons. The van der Waals surface area contributed by atoms with Crippen molar-refractivity contribution in [1.29, 1.82) is 0 Å². The molecule has 29 heavy (non-hydrogen) atoms. The lowest BCUT2D eigenvalue weighted by Crippen LogP contribution is -2.68. The van der Waals surface area contributed by atoms with E-state index in [-0.39, 0.29) is 38.1 Å². The Morgan fingerprint density at radius 2 is 2.14 bits per heavy atom. The van der Waals surface area contributed by atoms with Gasteiger partial charge in [0.1, 0.15) is 23.1 Å². The second kappa shape index (κ2) is 7.51. The number of halogens is 1. The van der Waals surface area contributed by atoms with Crippen LogP contribution in [0.2, 0.25) is 0 Å². The van der Waals surface area contributed by atoms with E-state index in [1.807, 2.05) is 0 Å². The lowest BCUT2D eigenvalue weighted by Gasteiger charge is -2.53. The quantitative estimate of drug-likeness (QED) is 0.673. The number of aromatic nitrogens is 4. The van der Waals surface area contributed by atoms with Crippen LogP contribution < -0.4 is 5.73 Å². The van der Waals surface area contributed by atoms with Crippen molar-refractivity contribution < 1.29 is 23.8 Å². The van der Waals surface area contributed by atoms with Crippen molar-refractivity contribution in [2.45, 2.75) is 82.1 Å². The second-order valence-electron chi connectivity index (χ2n) is 9.33. The number of nitrogens with zero attached hydrogens (tertiary/aromatic N) is 4. The van der Waals surface area contributed by atoms with Crippen molar-refractivity contribution >= 4 is 12.1 Å². The lowest BCUT2D eigenvalue weighted by molar-refractivity contribution is -0.148. The zero-order valence-corrected chi connectivity index (χ0v) is 17.0. The molecular weight excluding hydrogens is 383 g/mol. The van der Waals surface area contributed by atoms with Crippen LogP contribution >= 0.6 is 0 Å². The van der Waals surface area contributed by atoms with Crippen LogP contribution in [0.4, 0.5) is 9.18 Å². The molecule has 4 N–H and O–H groups in total. The minimum absolute atomic E-state index is 0.0334. The summed E-state index contributed by atoms with van der Waals surface area (Å²) in [6.45, 7) is 5.18. The van der Waals surface area contributed by atoms with Crippen LogP contribution in [0.3, 0.4) is 0 Å². The van der Waals surface area contributed by atoms with E-state index in [1.165, 1.54) is 4.90 Å². The molecule has 0 spiro atoms. The van der Waals surface area contributed by atoms with Gasteiger partial charge < -0.3 is 15.6 Å². The van der Waals surface area contributed by atoms with E-state index in [4.69, 9.17) is 10.5 Å². The molecule has 1 aliphatic carbocycles. The molecule has 2 aliphatic rings. The number of hydrogen-bond acceptors (Lipinski definition) is 7. The highest BCUT2D eigenvalue weighted by Crippen LogP contribution is 2.47. The SMILES string of the molecule is CC(C)(C)OC(=O)N1C[C@]2(N)CCC(F)(CCc3nnn[nH]3)C[C@@H]2C[C@H]1C(=O)O. The van der Waals surface area contributed by atoms with Gasteiger partial charge in [-0.3, -0.25) is 4.90 Å². The van der Waals surface area contributed by atoms with Crippen molar-refractivity contribution in [3.63, 3.8) is 0 Å². The summed E-state index contributed by atoms with van der Waals surface area (Å²) in [4.78, 5) is 25.6. The van der Waals surface area contributed by atoms with Crippen LogP contribution in [0.1, 0.15) is 58.7 Å². The van der Waals surface area contributed by atoms with Crippen molar-refractivity contribution in [3.8, 4) is 0 Å². The van der Waals surface area contributed by atoms with Gasteiger partial charge in [0.2, 0.25) is 0 Å². The molecule has 0 aromatic carbocycles. The Morgan fingerprint density at radius 1 is 1.41 bits per heavy atom. The number of aliphatic carboxylic acids is 1. The fourth-order valence-electron chi connectivity index (χ4n) is 4.36. The van der Waals surface area contributed by atoms with Gasteiger partial charge in [-0.1, -0.05) is 0 Å². The van der Waals surface area contributed by atoms with Crippen molar-refractivity contribution in [2.24, 2.45) is 11.7 Å². The molecule has 1 saturated carbocycles. The first-order valence-corrected chi connectivity index (χ1v) is 9.84. The highest BCUT2D eigenvalue weighted by atomic mass is 19.1. The number of carbonyl (C=O) groups is 2. The largest absolute Gasteiger partial charge is 0.480 e. The van der Waals surface area contributed by atoms with Gasteiger partial charge in [0.15, 0.2) is 0 Å². The minimum atomic E-state index is -1.47. The third-order valence-electron chi connectivity index (χ3n) is 5.92. The first-order valence-electron chi connectivity index (χ1n) is 9.84. The number of nitrogens with one attached hydrogen (secondary N) is 1. The first-order chi connectivity index (χ1) is 13.4. The third-order valence-corrected chi connectivity index (χ3v) is 5.92. The average molecular weight is 412 g/mol. The van der Waals surface area contributed by atoms with Gasteiger partial charge in [0, 0.05) is 18.5 Å². The number of carboxylic acid groups (broad SMARTS) is 1. The summed E-state index contributed by atoms with van der Waals surface area (Å²) in [5.74, 6) is -0.982. The molecule has 1 saturated heterocycles. The van der Waals surface area contributed by atoms with Crippen molar-refractivity contribution in [2.75, 3.05) is 6.54 Å². The number of rotatable bonds is 4. The number of likely N-dealkylation sites (tertiary alicyclic amines) is 1. The summed E-state index contributed by atoms with van der Waals surface area (Å²) >= 11 is 0. The molecular formula is C18H29FN6O4. The van der Waals surface area contributed by atoms with E-state index >= 15 is 4.39 Å². The van der Waals surface area contributed by atoms with E-state index < -0.39 is 34.9 Å². The second-order valence-corrected chi connectivity index (χ2v) is 9.33. The van der Waals surface area contributed by atoms with Gasteiger partial charge in [-0.05, 0) is 69.2 Å². The summed E-state index contributed by atoms with van der Waals surface area (Å²) in [6, 6.07) is -1.09.